The van der Waals surface area contributed by atoms with E-state index in [1.54, 1.807) is 26.2 Å². The summed E-state index contributed by atoms with van der Waals surface area (Å²) in [6.07, 6.45) is 0. The second-order valence-electron chi connectivity index (χ2n) is 2.63. The van der Waals surface area contributed by atoms with Crippen molar-refractivity contribution in [2.24, 2.45) is 5.84 Å². The van der Waals surface area contributed by atoms with Crippen molar-refractivity contribution in [2.75, 3.05) is 12.1 Å². The fourth-order valence-corrected chi connectivity index (χ4v) is 1.01. The molecule has 0 bridgehead atoms. The maximum atomic E-state index is 7.35. The lowest BCUT2D eigenvalue weighted by atomic mass is 10.3. The topological polar surface area (TPSA) is 62.3 Å². The minimum atomic E-state index is 0.268. The van der Waals surface area contributed by atoms with Crippen molar-refractivity contribution in [3.05, 3.63) is 24.3 Å². The lowest BCUT2D eigenvalue weighted by molar-refractivity contribution is 0.415. The molecule has 0 saturated heterocycles. The number of anilines is 1. The maximum absolute atomic E-state index is 7.35. The van der Waals surface area contributed by atoms with Crippen molar-refractivity contribution in [3.63, 3.8) is 0 Å². The van der Waals surface area contributed by atoms with Gasteiger partial charge in [0, 0.05) is 0 Å². The molecule has 0 amide bonds. The smallest absolute Gasteiger partial charge is 0.144 e. The molecule has 0 unspecified atom stereocenters. The molecule has 0 atom stereocenters. The predicted molar refractivity (Wildman–Crippen MR) is 53.1 cm³/mol. The molecule has 1 rings (SSSR count). The Morgan fingerprint density at radius 1 is 1.46 bits per heavy atom. The summed E-state index contributed by atoms with van der Waals surface area (Å²) < 4.78 is 5.10. The normalized spacial score (nSPS) is 9.46. The standard InChI is InChI=1S/C9H13N3O/c1-7(10)12(11)8-5-3-4-6-9(8)13-2/h3-6,10H,11H2,1-2H3. The van der Waals surface area contributed by atoms with Crippen LogP contribution in [0.3, 0.4) is 0 Å². The highest BCUT2D eigenvalue weighted by Crippen LogP contribution is 2.25. The van der Waals surface area contributed by atoms with E-state index in [2.05, 4.69) is 0 Å². The van der Waals surface area contributed by atoms with Gasteiger partial charge in [-0.25, -0.2) is 5.84 Å². The average molecular weight is 179 g/mol. The largest absolute Gasteiger partial charge is 0.495 e. The number of methoxy groups -OCH3 is 1. The first-order valence-electron chi connectivity index (χ1n) is 3.90. The zero-order chi connectivity index (χ0) is 9.84. The van der Waals surface area contributed by atoms with Crippen molar-refractivity contribution in [3.8, 4) is 5.75 Å². The summed E-state index contributed by atoms with van der Waals surface area (Å²) in [7, 11) is 1.58. The maximum Gasteiger partial charge on any atom is 0.144 e. The average Bonchev–Trinajstić information content (AvgIpc) is 2.16. The van der Waals surface area contributed by atoms with E-state index < -0.39 is 0 Å². The molecule has 0 heterocycles. The molecule has 4 heteroatoms. The molecule has 0 aromatic heterocycles. The number of amidine groups is 1. The third kappa shape index (κ3) is 1.97. The zero-order valence-corrected chi connectivity index (χ0v) is 7.74. The van der Waals surface area contributed by atoms with Crippen LogP contribution in [0.2, 0.25) is 0 Å². The first kappa shape index (κ1) is 9.54. The van der Waals surface area contributed by atoms with Crippen molar-refractivity contribution in [2.45, 2.75) is 6.92 Å². The molecule has 0 fully saturated rings. The quantitative estimate of drug-likeness (QED) is 0.312. The third-order valence-corrected chi connectivity index (χ3v) is 1.71. The number of nitrogens with two attached hydrogens (primary N) is 1. The highest BCUT2D eigenvalue weighted by molar-refractivity contribution is 5.93. The third-order valence-electron chi connectivity index (χ3n) is 1.71. The minimum absolute atomic E-state index is 0.268. The van der Waals surface area contributed by atoms with Gasteiger partial charge in [0.2, 0.25) is 0 Å². The molecular weight excluding hydrogens is 166 g/mol. The van der Waals surface area contributed by atoms with Crippen molar-refractivity contribution >= 4 is 11.5 Å². The molecule has 13 heavy (non-hydrogen) atoms. The summed E-state index contributed by atoms with van der Waals surface area (Å²) in [5.41, 5.74) is 0.692. The van der Waals surface area contributed by atoms with Gasteiger partial charge in [0.15, 0.2) is 0 Å². The van der Waals surface area contributed by atoms with Gasteiger partial charge >= 0.3 is 0 Å². The summed E-state index contributed by atoms with van der Waals surface area (Å²) in [5, 5.41) is 8.63. The monoisotopic (exact) mass is 179 g/mol. The van der Waals surface area contributed by atoms with Crippen LogP contribution in [0.25, 0.3) is 0 Å². The molecule has 0 aliphatic heterocycles. The number of hydrogen-bond acceptors (Lipinski definition) is 3. The number of nitrogens with one attached hydrogen (secondary N) is 1. The Balaban J connectivity index is 3.05. The molecule has 70 valence electrons. The number of nitrogens with zero attached hydrogens (tertiary/aromatic N) is 1. The highest BCUT2D eigenvalue weighted by atomic mass is 16.5. The lowest BCUT2D eigenvalue weighted by Gasteiger charge is -2.18. The number of rotatable bonds is 2. The summed E-state index contributed by atoms with van der Waals surface area (Å²) in [6, 6.07) is 7.31. The van der Waals surface area contributed by atoms with Gasteiger partial charge in [0.05, 0.1) is 7.11 Å². The first-order valence-corrected chi connectivity index (χ1v) is 3.90. The van der Waals surface area contributed by atoms with E-state index >= 15 is 0 Å². The van der Waals surface area contributed by atoms with Crippen molar-refractivity contribution in [1.29, 1.82) is 5.41 Å². The van der Waals surface area contributed by atoms with E-state index in [4.69, 9.17) is 16.0 Å². The van der Waals surface area contributed by atoms with E-state index in [0.717, 1.165) is 0 Å². The Morgan fingerprint density at radius 3 is 2.62 bits per heavy atom. The van der Waals surface area contributed by atoms with Gasteiger partial charge in [-0.3, -0.25) is 10.4 Å². The summed E-state index contributed by atoms with van der Waals surface area (Å²) in [5.74, 6) is 6.57. The van der Waals surface area contributed by atoms with Crippen molar-refractivity contribution in [1.82, 2.24) is 0 Å². The summed E-state index contributed by atoms with van der Waals surface area (Å²) in [6.45, 7) is 1.62. The van der Waals surface area contributed by atoms with Gasteiger partial charge in [-0.05, 0) is 19.1 Å². The Labute approximate surface area is 77.4 Å². The Kier molecular flexibility index (Phi) is 2.87. The number of ether oxygens (including phenoxy) is 1. The predicted octanol–water partition coefficient (Wildman–Crippen LogP) is 1.37. The molecule has 1 aromatic carbocycles. The molecule has 4 nitrogen and oxygen atoms in total. The van der Waals surface area contributed by atoms with E-state index in [-0.39, 0.29) is 5.84 Å². The van der Waals surface area contributed by atoms with Crippen LogP contribution in [0.4, 0.5) is 5.69 Å². The summed E-state index contributed by atoms with van der Waals surface area (Å²) in [4.78, 5) is 0. The second-order valence-corrected chi connectivity index (χ2v) is 2.63. The first-order chi connectivity index (χ1) is 6.16. The van der Waals surface area contributed by atoms with Gasteiger partial charge in [0.25, 0.3) is 0 Å². The highest BCUT2D eigenvalue weighted by Gasteiger charge is 2.08. The van der Waals surface area contributed by atoms with Gasteiger partial charge in [-0.1, -0.05) is 12.1 Å². The van der Waals surface area contributed by atoms with Gasteiger partial charge in [0.1, 0.15) is 17.3 Å². The number of hydrazine groups is 1. The molecule has 0 radical (unpaired) electrons. The van der Waals surface area contributed by atoms with Crippen LogP contribution in [0.15, 0.2) is 24.3 Å². The van der Waals surface area contributed by atoms with E-state index in [9.17, 15) is 0 Å². The lowest BCUT2D eigenvalue weighted by Crippen LogP contribution is -2.35. The molecular formula is C9H13N3O. The fourth-order valence-electron chi connectivity index (χ4n) is 1.01. The number of benzene rings is 1. The van der Waals surface area contributed by atoms with Crippen LogP contribution in [0, 0.1) is 5.41 Å². The van der Waals surface area contributed by atoms with Gasteiger partial charge in [-0.15, -0.1) is 0 Å². The number of hydrogen-bond donors (Lipinski definition) is 2. The minimum Gasteiger partial charge on any atom is -0.495 e. The van der Waals surface area contributed by atoms with Crippen LogP contribution < -0.4 is 15.6 Å². The molecule has 0 saturated carbocycles. The molecule has 0 spiro atoms. The Hall–Kier alpha value is -1.55. The molecule has 0 aliphatic carbocycles. The van der Waals surface area contributed by atoms with Crippen LogP contribution in [0.1, 0.15) is 6.92 Å². The van der Waals surface area contributed by atoms with Crippen LogP contribution >= 0.6 is 0 Å². The number of para-hydroxylation sites is 2. The Morgan fingerprint density at radius 2 is 2.08 bits per heavy atom. The molecule has 3 N–H and O–H groups in total. The van der Waals surface area contributed by atoms with Gasteiger partial charge < -0.3 is 4.74 Å². The SMILES string of the molecule is COc1ccccc1N(N)C(C)=N. The van der Waals surface area contributed by atoms with Crippen LogP contribution in [0.5, 0.6) is 5.75 Å². The molecule has 1 aromatic rings. The summed E-state index contributed by atoms with van der Waals surface area (Å²) >= 11 is 0. The fraction of sp³-hybridized carbons (Fsp3) is 0.222. The van der Waals surface area contributed by atoms with Crippen LogP contribution in [-0.2, 0) is 0 Å². The van der Waals surface area contributed by atoms with E-state index in [1.165, 1.54) is 5.01 Å². The molecule has 0 aliphatic rings. The van der Waals surface area contributed by atoms with E-state index in [1.807, 2.05) is 12.1 Å². The Bertz CT molecular complexity index is 311. The van der Waals surface area contributed by atoms with Crippen LogP contribution in [-0.4, -0.2) is 12.9 Å². The van der Waals surface area contributed by atoms with E-state index in [0.29, 0.717) is 11.4 Å². The second kappa shape index (κ2) is 3.91. The zero-order valence-electron chi connectivity index (χ0n) is 7.74. The van der Waals surface area contributed by atoms with Crippen molar-refractivity contribution < 1.29 is 4.74 Å². The van der Waals surface area contributed by atoms with Gasteiger partial charge in [-0.2, -0.15) is 0 Å².